The van der Waals surface area contributed by atoms with Crippen LogP contribution in [0.25, 0.3) is 5.57 Å². The first-order valence-electron chi connectivity index (χ1n) is 7.93. The van der Waals surface area contributed by atoms with Gasteiger partial charge in [-0.2, -0.15) is 0 Å². The van der Waals surface area contributed by atoms with Crippen molar-refractivity contribution >= 4 is 11.5 Å². The highest BCUT2D eigenvalue weighted by Crippen LogP contribution is 2.26. The Kier molecular flexibility index (Phi) is 5.88. The lowest BCUT2D eigenvalue weighted by atomic mass is 9.93. The molecule has 126 valence electrons. The van der Waals surface area contributed by atoms with Gasteiger partial charge in [-0.25, -0.2) is 4.39 Å². The molecule has 0 saturated heterocycles. The molecule has 0 aliphatic carbocycles. The summed E-state index contributed by atoms with van der Waals surface area (Å²) in [6.45, 7) is 4.25. The molecule has 0 radical (unpaired) electrons. The van der Waals surface area contributed by atoms with E-state index in [0.29, 0.717) is 5.92 Å². The number of hydrogen-bond acceptors (Lipinski definition) is 2. The van der Waals surface area contributed by atoms with Gasteiger partial charge in [0.05, 0.1) is 0 Å². The molecule has 1 unspecified atom stereocenters. The minimum atomic E-state index is -1.04. The molecule has 24 heavy (non-hydrogen) atoms. The van der Waals surface area contributed by atoms with Crippen LogP contribution in [0.1, 0.15) is 42.9 Å². The smallest absolute Gasteiger partial charge is 0.320 e. The summed E-state index contributed by atoms with van der Waals surface area (Å²) in [7, 11) is 0. The zero-order valence-electron chi connectivity index (χ0n) is 13.9. The van der Waals surface area contributed by atoms with Crippen LogP contribution in [0.15, 0.2) is 54.6 Å². The van der Waals surface area contributed by atoms with E-state index in [1.54, 1.807) is 18.2 Å². The Morgan fingerprint density at radius 1 is 1.08 bits per heavy atom. The van der Waals surface area contributed by atoms with Gasteiger partial charge < -0.3 is 10.8 Å². The Labute approximate surface area is 141 Å². The normalized spacial score (nSPS) is 13.1. The van der Waals surface area contributed by atoms with E-state index in [4.69, 9.17) is 10.8 Å². The van der Waals surface area contributed by atoms with Crippen molar-refractivity contribution in [1.82, 2.24) is 0 Å². The second-order valence-corrected chi connectivity index (χ2v) is 6.08. The molecule has 0 aliphatic rings. The summed E-state index contributed by atoms with van der Waals surface area (Å²) in [5.41, 5.74) is 9.45. The Bertz CT molecular complexity index is 718. The summed E-state index contributed by atoms with van der Waals surface area (Å²) in [5.74, 6) is -0.923. The van der Waals surface area contributed by atoms with Crippen LogP contribution in [-0.4, -0.2) is 17.1 Å². The number of hydrogen-bond donors (Lipinski definition) is 2. The number of benzene rings is 2. The minimum absolute atomic E-state index is 0.202. The van der Waals surface area contributed by atoms with E-state index in [1.165, 1.54) is 17.7 Å². The quantitative estimate of drug-likeness (QED) is 0.836. The van der Waals surface area contributed by atoms with Gasteiger partial charge >= 0.3 is 5.97 Å². The van der Waals surface area contributed by atoms with Gasteiger partial charge in [0, 0.05) is 0 Å². The molecule has 0 fully saturated rings. The number of rotatable bonds is 6. The Morgan fingerprint density at radius 2 is 1.58 bits per heavy atom. The zero-order valence-corrected chi connectivity index (χ0v) is 13.9. The molecule has 2 aromatic rings. The molecule has 3 nitrogen and oxygen atoms in total. The summed E-state index contributed by atoms with van der Waals surface area (Å²) in [5, 5.41) is 8.97. The third-order valence-electron chi connectivity index (χ3n) is 3.94. The Hall–Kier alpha value is -2.46. The van der Waals surface area contributed by atoms with Gasteiger partial charge in [-0.1, -0.05) is 56.3 Å². The van der Waals surface area contributed by atoms with Gasteiger partial charge in [0.15, 0.2) is 0 Å². The standard InChI is InChI=1S/C20H22FNO2/c1-13(2)14-3-5-15(6-4-14)18(11-12-19(22)20(23)24)16-7-9-17(21)10-8-16/h3-11,13,19H,12,22H2,1-2H3,(H,23,24)/b18-11+. The fraction of sp³-hybridized carbons (Fsp3) is 0.250. The first-order valence-corrected chi connectivity index (χ1v) is 7.93. The number of carboxylic acid groups (broad SMARTS) is 1. The van der Waals surface area contributed by atoms with Crippen LogP contribution < -0.4 is 5.73 Å². The van der Waals surface area contributed by atoms with Crippen LogP contribution in [0.5, 0.6) is 0 Å². The van der Waals surface area contributed by atoms with Crippen molar-refractivity contribution in [3.8, 4) is 0 Å². The molecule has 4 heteroatoms. The van der Waals surface area contributed by atoms with Crippen molar-refractivity contribution in [2.75, 3.05) is 0 Å². The number of aliphatic carboxylic acids is 1. The highest BCUT2D eigenvalue weighted by atomic mass is 19.1. The fourth-order valence-corrected chi connectivity index (χ4v) is 2.43. The van der Waals surface area contributed by atoms with Crippen molar-refractivity contribution in [2.45, 2.75) is 32.2 Å². The molecule has 0 spiro atoms. The van der Waals surface area contributed by atoms with E-state index >= 15 is 0 Å². The molecule has 0 aliphatic heterocycles. The molecular formula is C20H22FNO2. The predicted molar refractivity (Wildman–Crippen MR) is 94.2 cm³/mol. The lowest BCUT2D eigenvalue weighted by Crippen LogP contribution is -2.29. The molecule has 1 atom stereocenters. The second kappa shape index (κ2) is 7.88. The summed E-state index contributed by atoms with van der Waals surface area (Å²) < 4.78 is 13.2. The molecule has 0 aromatic heterocycles. The number of halogens is 1. The van der Waals surface area contributed by atoms with Crippen LogP contribution in [-0.2, 0) is 4.79 Å². The molecule has 3 N–H and O–H groups in total. The summed E-state index contributed by atoms with van der Waals surface area (Å²) in [6.07, 6.45) is 2.00. The van der Waals surface area contributed by atoms with Crippen molar-refractivity contribution in [3.63, 3.8) is 0 Å². The summed E-state index contributed by atoms with van der Waals surface area (Å²) >= 11 is 0. The van der Waals surface area contributed by atoms with E-state index in [1.807, 2.05) is 12.1 Å². The van der Waals surface area contributed by atoms with Gasteiger partial charge in [-0.3, -0.25) is 4.79 Å². The van der Waals surface area contributed by atoms with Crippen LogP contribution in [0.4, 0.5) is 4.39 Å². The van der Waals surface area contributed by atoms with Crippen LogP contribution in [0, 0.1) is 5.82 Å². The van der Waals surface area contributed by atoms with E-state index in [0.717, 1.165) is 16.7 Å². The maximum atomic E-state index is 13.2. The lowest BCUT2D eigenvalue weighted by Gasteiger charge is -2.12. The topological polar surface area (TPSA) is 63.3 Å². The van der Waals surface area contributed by atoms with Crippen LogP contribution >= 0.6 is 0 Å². The first-order chi connectivity index (χ1) is 11.4. The SMILES string of the molecule is CC(C)c1ccc(/C(=C\CC(N)C(=O)O)c2ccc(F)cc2)cc1. The maximum absolute atomic E-state index is 13.2. The molecule has 0 bridgehead atoms. The molecule has 0 saturated carbocycles. The average molecular weight is 327 g/mol. The van der Waals surface area contributed by atoms with Gasteiger partial charge in [-0.05, 0) is 46.7 Å². The third-order valence-corrected chi connectivity index (χ3v) is 3.94. The van der Waals surface area contributed by atoms with Gasteiger partial charge in [0.25, 0.3) is 0 Å². The third kappa shape index (κ3) is 4.52. The lowest BCUT2D eigenvalue weighted by molar-refractivity contribution is -0.138. The van der Waals surface area contributed by atoms with E-state index in [9.17, 15) is 9.18 Å². The highest BCUT2D eigenvalue weighted by molar-refractivity contribution is 5.81. The zero-order chi connectivity index (χ0) is 17.7. The molecule has 0 heterocycles. The predicted octanol–water partition coefficient (Wildman–Crippen LogP) is 4.18. The van der Waals surface area contributed by atoms with Crippen molar-refractivity contribution < 1.29 is 14.3 Å². The molecule has 2 rings (SSSR count). The number of carbonyl (C=O) groups is 1. The highest BCUT2D eigenvalue weighted by Gasteiger charge is 2.12. The van der Waals surface area contributed by atoms with Gasteiger partial charge in [-0.15, -0.1) is 0 Å². The van der Waals surface area contributed by atoms with Crippen molar-refractivity contribution in [2.24, 2.45) is 5.73 Å². The summed E-state index contributed by atoms with van der Waals surface area (Å²) in [4.78, 5) is 10.9. The van der Waals surface area contributed by atoms with Gasteiger partial charge in [0.1, 0.15) is 11.9 Å². The summed E-state index contributed by atoms with van der Waals surface area (Å²) in [6, 6.07) is 13.3. The Balaban J connectivity index is 2.40. The number of nitrogens with two attached hydrogens (primary N) is 1. The van der Waals surface area contributed by atoms with E-state index < -0.39 is 12.0 Å². The number of carboxylic acids is 1. The van der Waals surface area contributed by atoms with Gasteiger partial charge in [0.2, 0.25) is 0 Å². The largest absolute Gasteiger partial charge is 0.480 e. The van der Waals surface area contributed by atoms with Crippen LogP contribution in [0.3, 0.4) is 0 Å². The van der Waals surface area contributed by atoms with E-state index in [2.05, 4.69) is 26.0 Å². The van der Waals surface area contributed by atoms with Crippen molar-refractivity contribution in [1.29, 1.82) is 0 Å². The second-order valence-electron chi connectivity index (χ2n) is 6.08. The van der Waals surface area contributed by atoms with Crippen molar-refractivity contribution in [3.05, 3.63) is 77.1 Å². The maximum Gasteiger partial charge on any atom is 0.320 e. The minimum Gasteiger partial charge on any atom is -0.480 e. The molecule has 2 aromatic carbocycles. The average Bonchev–Trinajstić information content (AvgIpc) is 2.56. The molecule has 0 amide bonds. The Morgan fingerprint density at radius 3 is 2.04 bits per heavy atom. The van der Waals surface area contributed by atoms with E-state index in [-0.39, 0.29) is 12.2 Å². The fourth-order valence-electron chi connectivity index (χ4n) is 2.43. The first kappa shape index (κ1) is 17.9. The van der Waals surface area contributed by atoms with Crippen LogP contribution in [0.2, 0.25) is 0 Å². The molecular weight excluding hydrogens is 305 g/mol. The monoisotopic (exact) mass is 327 g/mol.